The number of alkyl halides is 5. The van der Waals surface area contributed by atoms with Crippen LogP contribution in [0.4, 0.5) is 22.0 Å². The minimum Gasteiger partial charge on any atom is -0.337 e. The van der Waals surface area contributed by atoms with Gasteiger partial charge in [-0.2, -0.15) is 22.0 Å². The van der Waals surface area contributed by atoms with Crippen LogP contribution in [0.1, 0.15) is 18.5 Å². The highest BCUT2D eigenvalue weighted by Gasteiger charge is 2.68. The Morgan fingerprint density at radius 1 is 1.12 bits per heavy atom. The summed E-state index contributed by atoms with van der Waals surface area (Å²) in [6.45, 7) is -0.440. The third-order valence-electron chi connectivity index (χ3n) is 4.24. The van der Waals surface area contributed by atoms with Crippen molar-refractivity contribution >= 4 is 5.91 Å². The van der Waals surface area contributed by atoms with Crippen LogP contribution in [-0.4, -0.2) is 45.7 Å². The summed E-state index contributed by atoms with van der Waals surface area (Å²) in [4.78, 5) is 19.8. The van der Waals surface area contributed by atoms with Crippen LogP contribution >= 0.6 is 0 Å². The van der Waals surface area contributed by atoms with Crippen molar-refractivity contribution in [3.8, 4) is 0 Å². The number of amides is 1. The van der Waals surface area contributed by atoms with Gasteiger partial charge >= 0.3 is 12.1 Å². The molecule has 1 saturated heterocycles. The molecule has 1 fully saturated rings. The molecule has 0 bridgehead atoms. The molecule has 6 nitrogen and oxygen atoms in total. The van der Waals surface area contributed by atoms with E-state index in [-0.39, 0.29) is 25.9 Å². The Morgan fingerprint density at radius 2 is 1.75 bits per heavy atom. The van der Waals surface area contributed by atoms with E-state index in [2.05, 4.69) is 20.2 Å². The van der Waals surface area contributed by atoms with E-state index in [1.807, 2.05) is 0 Å². The average Bonchev–Trinajstić information content (AvgIpc) is 3.37. The first kappa shape index (κ1) is 16.7. The van der Waals surface area contributed by atoms with Gasteiger partial charge in [-0.1, -0.05) is 0 Å². The predicted octanol–water partition coefficient (Wildman–Crippen LogP) is 2.53. The molecule has 2 aliphatic rings. The second-order valence-electron chi connectivity index (χ2n) is 5.66. The predicted molar refractivity (Wildman–Crippen MR) is 68.9 cm³/mol. The molecule has 0 atom stereocenters. The molecule has 0 aromatic carbocycles. The molecule has 130 valence electrons. The van der Waals surface area contributed by atoms with Crippen LogP contribution < -0.4 is 0 Å². The number of carbonyl (C=O) groups excluding carboxylic acids is 1. The van der Waals surface area contributed by atoms with Gasteiger partial charge < -0.3 is 4.90 Å². The zero-order chi connectivity index (χ0) is 17.6. The van der Waals surface area contributed by atoms with Gasteiger partial charge in [-0.15, -0.1) is 10.2 Å². The van der Waals surface area contributed by atoms with E-state index in [0.717, 1.165) is 17.3 Å². The molecule has 0 radical (unpaired) electrons. The monoisotopic (exact) mass is 349 g/mol. The Morgan fingerprint density at radius 3 is 2.21 bits per heavy atom. The van der Waals surface area contributed by atoms with Crippen LogP contribution in [0.5, 0.6) is 0 Å². The Labute approximate surface area is 132 Å². The molecule has 1 amide bonds. The van der Waals surface area contributed by atoms with Crippen molar-refractivity contribution in [1.29, 1.82) is 0 Å². The van der Waals surface area contributed by atoms with Crippen LogP contribution in [0.3, 0.4) is 0 Å². The van der Waals surface area contributed by atoms with Crippen LogP contribution in [0.2, 0.25) is 0 Å². The molecular weight excluding hydrogens is 337 g/mol. The summed E-state index contributed by atoms with van der Waals surface area (Å²) in [7, 11) is 0. The summed E-state index contributed by atoms with van der Waals surface area (Å²) < 4.78 is 67.1. The Kier molecular flexibility index (Phi) is 3.76. The number of carbonyl (C=O) groups is 1. The summed E-state index contributed by atoms with van der Waals surface area (Å²) in [6.07, 6.45) is -1.80. The van der Waals surface area contributed by atoms with Gasteiger partial charge in [0, 0.05) is 31.4 Å². The lowest BCUT2D eigenvalue weighted by Gasteiger charge is -2.35. The lowest BCUT2D eigenvalue weighted by Crippen LogP contribution is -2.50. The van der Waals surface area contributed by atoms with Crippen molar-refractivity contribution in [2.24, 2.45) is 16.1 Å². The SMILES string of the molecule is O=C(N1CCC(C2(C(F)(F)F)N=N2)CC1)C(F)(F)c1cnccn1. The normalized spacial score (nSPS) is 21.0. The van der Waals surface area contributed by atoms with Gasteiger partial charge in [-0.05, 0) is 12.8 Å². The van der Waals surface area contributed by atoms with E-state index in [9.17, 15) is 26.7 Å². The smallest absolute Gasteiger partial charge is 0.337 e. The van der Waals surface area contributed by atoms with E-state index >= 15 is 0 Å². The van der Waals surface area contributed by atoms with Crippen molar-refractivity contribution in [3.63, 3.8) is 0 Å². The number of piperidine rings is 1. The maximum Gasteiger partial charge on any atom is 0.437 e. The van der Waals surface area contributed by atoms with Gasteiger partial charge in [0.2, 0.25) is 0 Å². The molecule has 0 N–H and O–H groups in total. The zero-order valence-corrected chi connectivity index (χ0v) is 12.2. The second kappa shape index (κ2) is 5.42. The number of likely N-dealkylation sites (tertiary alicyclic amines) is 1. The molecule has 3 rings (SSSR count). The molecule has 0 aliphatic carbocycles. The highest BCUT2D eigenvalue weighted by atomic mass is 19.4. The summed E-state index contributed by atoms with van der Waals surface area (Å²) in [5.41, 5.74) is -3.22. The number of hydrogen-bond acceptors (Lipinski definition) is 5. The quantitative estimate of drug-likeness (QED) is 0.788. The van der Waals surface area contributed by atoms with Gasteiger partial charge in [-0.3, -0.25) is 14.8 Å². The molecule has 2 aliphatic heterocycles. The number of nitrogens with zero attached hydrogens (tertiary/aromatic N) is 5. The van der Waals surface area contributed by atoms with Crippen molar-refractivity contribution in [3.05, 3.63) is 24.3 Å². The fourth-order valence-corrected chi connectivity index (χ4v) is 2.82. The molecule has 11 heteroatoms. The van der Waals surface area contributed by atoms with Crippen LogP contribution in [-0.2, 0) is 10.7 Å². The number of halogens is 5. The Balaban J connectivity index is 1.66. The zero-order valence-electron chi connectivity index (χ0n) is 12.2. The number of rotatable bonds is 3. The highest BCUT2D eigenvalue weighted by Crippen LogP contribution is 2.52. The molecule has 3 heterocycles. The van der Waals surface area contributed by atoms with Crippen LogP contribution in [0.25, 0.3) is 0 Å². The minimum absolute atomic E-state index is 0.102. The van der Waals surface area contributed by atoms with E-state index in [1.165, 1.54) is 6.20 Å². The molecule has 0 spiro atoms. The van der Waals surface area contributed by atoms with Crippen molar-refractivity contribution < 1.29 is 26.7 Å². The number of hydrogen-bond donors (Lipinski definition) is 0. The fourth-order valence-electron chi connectivity index (χ4n) is 2.82. The lowest BCUT2D eigenvalue weighted by atomic mass is 9.86. The summed E-state index contributed by atoms with van der Waals surface area (Å²) in [6, 6.07) is 0. The standard InChI is InChI=1S/C13H12F5N5O/c14-11(15,9-7-19-3-4-20-9)10(24)23-5-1-8(2-6-23)12(21-22-12)13(16,17)18/h3-4,7-8H,1-2,5-6H2. The van der Waals surface area contributed by atoms with Crippen LogP contribution in [0, 0.1) is 5.92 Å². The maximum atomic E-state index is 14.2. The van der Waals surface area contributed by atoms with E-state index in [0.29, 0.717) is 0 Å². The Bertz CT molecular complexity index is 648. The third kappa shape index (κ3) is 2.61. The van der Waals surface area contributed by atoms with Crippen molar-refractivity contribution in [2.45, 2.75) is 30.6 Å². The van der Waals surface area contributed by atoms with Crippen LogP contribution in [0.15, 0.2) is 28.8 Å². The molecular formula is C13H12F5N5O. The third-order valence-corrected chi connectivity index (χ3v) is 4.24. The largest absolute Gasteiger partial charge is 0.437 e. The van der Waals surface area contributed by atoms with Gasteiger partial charge in [0.1, 0.15) is 5.69 Å². The van der Waals surface area contributed by atoms with Crippen molar-refractivity contribution in [1.82, 2.24) is 14.9 Å². The van der Waals surface area contributed by atoms with E-state index in [4.69, 9.17) is 0 Å². The fraction of sp³-hybridized carbons (Fsp3) is 0.615. The number of aromatic nitrogens is 2. The molecule has 1 aromatic heterocycles. The highest BCUT2D eigenvalue weighted by molar-refractivity contribution is 5.84. The van der Waals surface area contributed by atoms with E-state index < -0.39 is 35.3 Å². The average molecular weight is 349 g/mol. The maximum absolute atomic E-state index is 14.2. The summed E-state index contributed by atoms with van der Waals surface area (Å²) in [5, 5.41) is 6.25. The minimum atomic E-state index is -4.60. The molecule has 0 unspecified atom stereocenters. The van der Waals surface area contributed by atoms with Gasteiger partial charge in [-0.25, -0.2) is 0 Å². The van der Waals surface area contributed by atoms with Gasteiger partial charge in [0.05, 0.1) is 6.20 Å². The first-order valence-corrected chi connectivity index (χ1v) is 7.13. The lowest BCUT2D eigenvalue weighted by molar-refractivity contribution is -0.182. The molecule has 1 aromatic rings. The second-order valence-corrected chi connectivity index (χ2v) is 5.66. The van der Waals surface area contributed by atoms with Gasteiger partial charge in [0.25, 0.3) is 11.6 Å². The first-order valence-electron chi connectivity index (χ1n) is 7.13. The summed E-state index contributed by atoms with van der Waals surface area (Å²) in [5.74, 6) is -6.31. The Hall–Kier alpha value is -2.20. The molecule has 24 heavy (non-hydrogen) atoms. The molecule has 0 saturated carbocycles. The van der Waals surface area contributed by atoms with E-state index in [1.54, 1.807) is 0 Å². The summed E-state index contributed by atoms with van der Waals surface area (Å²) >= 11 is 0. The topological polar surface area (TPSA) is 70.8 Å². The van der Waals surface area contributed by atoms with Crippen molar-refractivity contribution in [2.75, 3.05) is 13.1 Å². The first-order chi connectivity index (χ1) is 11.2. The van der Waals surface area contributed by atoms with Gasteiger partial charge in [0.15, 0.2) is 0 Å².